The lowest BCUT2D eigenvalue weighted by atomic mass is 9.90. The van der Waals surface area contributed by atoms with Crippen molar-refractivity contribution in [2.24, 2.45) is 5.92 Å². The van der Waals surface area contributed by atoms with Gasteiger partial charge in [0.05, 0.1) is 18.2 Å². The first-order chi connectivity index (χ1) is 19.3. The van der Waals surface area contributed by atoms with Crippen LogP contribution < -0.4 is 9.22 Å². The fourth-order valence-electron chi connectivity index (χ4n) is 5.97. The Morgan fingerprint density at radius 2 is 1.71 bits per heavy atom. The molecule has 41 heavy (non-hydrogen) atoms. The van der Waals surface area contributed by atoms with Crippen LogP contribution >= 0.6 is 0 Å². The molecular weight excluding hydrogens is 529 g/mol. The van der Waals surface area contributed by atoms with Gasteiger partial charge in [0.15, 0.2) is 5.69 Å². The molecule has 216 valence electrons. The van der Waals surface area contributed by atoms with Gasteiger partial charge in [0, 0.05) is 33.3 Å². The first-order valence-electron chi connectivity index (χ1n) is 13.7. The van der Waals surface area contributed by atoms with E-state index in [1.54, 1.807) is 62.9 Å². The summed E-state index contributed by atoms with van der Waals surface area (Å²) in [6.45, 7) is 6.15. The van der Waals surface area contributed by atoms with Gasteiger partial charge in [-0.1, -0.05) is 16.6 Å². The van der Waals surface area contributed by atoms with Crippen LogP contribution in [0.2, 0.25) is 0 Å². The van der Waals surface area contributed by atoms with Gasteiger partial charge in [0.2, 0.25) is 5.70 Å². The van der Waals surface area contributed by atoms with Gasteiger partial charge in [-0.2, -0.15) is 4.79 Å². The number of Topliss-reactive ketones (excluding diaryl/α,β-unsaturated/α-hetero) is 1. The fraction of sp³-hybridized carbons (Fsp3) is 0.419. The maximum Gasteiger partial charge on any atom is 0.535 e. The van der Waals surface area contributed by atoms with E-state index >= 15 is 0 Å². The third-order valence-corrected chi connectivity index (χ3v) is 7.89. The Balaban J connectivity index is 1.47. The Labute approximate surface area is 238 Å². The number of hydrogen-bond donors (Lipinski definition) is 0. The van der Waals surface area contributed by atoms with Crippen LogP contribution in [0.1, 0.15) is 55.1 Å². The fourth-order valence-corrected chi connectivity index (χ4v) is 5.97. The lowest BCUT2D eigenvalue weighted by Gasteiger charge is -2.36. The van der Waals surface area contributed by atoms with E-state index < -0.39 is 27.9 Å². The van der Waals surface area contributed by atoms with E-state index in [1.807, 2.05) is 0 Å². The van der Waals surface area contributed by atoms with E-state index in [2.05, 4.69) is 0 Å². The van der Waals surface area contributed by atoms with E-state index in [0.717, 1.165) is 24.8 Å². The van der Waals surface area contributed by atoms with Crippen molar-refractivity contribution in [1.29, 1.82) is 0 Å². The number of benzene rings is 2. The smallest absolute Gasteiger partial charge is 0.496 e. The van der Waals surface area contributed by atoms with Crippen LogP contribution in [0.15, 0.2) is 42.1 Å². The summed E-state index contributed by atoms with van der Waals surface area (Å²) in [6.07, 6.45) is 1.53. The molecule has 0 aromatic heterocycles. The molecule has 2 aromatic rings. The van der Waals surface area contributed by atoms with Crippen LogP contribution in [0.5, 0.6) is 5.75 Å². The number of imide groups is 1. The normalized spacial score (nSPS) is 20.4. The van der Waals surface area contributed by atoms with Crippen LogP contribution in [0, 0.1) is 11.7 Å². The van der Waals surface area contributed by atoms with Crippen LogP contribution in [0.3, 0.4) is 0 Å². The quantitative estimate of drug-likeness (QED) is 0.299. The highest BCUT2D eigenvalue weighted by molar-refractivity contribution is 6.61. The molecule has 2 aromatic carbocycles. The van der Waals surface area contributed by atoms with Gasteiger partial charge >= 0.3 is 17.8 Å². The molecule has 5 rings (SSSR count). The number of likely N-dealkylation sites (tertiary alicyclic amines) is 1. The zero-order chi connectivity index (χ0) is 29.9. The second-order valence-corrected chi connectivity index (χ2v) is 12.0. The first-order valence-corrected chi connectivity index (χ1v) is 13.7. The number of rotatable bonds is 5. The number of amides is 3. The molecule has 3 aliphatic heterocycles. The van der Waals surface area contributed by atoms with E-state index in [-0.39, 0.29) is 34.4 Å². The van der Waals surface area contributed by atoms with Crippen molar-refractivity contribution in [3.05, 3.63) is 64.6 Å². The van der Waals surface area contributed by atoms with Crippen LogP contribution in [0.4, 0.5) is 14.9 Å². The number of fused-ring (bicyclic) bond motifs is 3. The van der Waals surface area contributed by atoms with Crippen molar-refractivity contribution in [2.45, 2.75) is 45.6 Å². The Bertz CT molecular complexity index is 1480. The van der Waals surface area contributed by atoms with Gasteiger partial charge in [0.25, 0.3) is 5.91 Å². The minimum atomic E-state index is -0.988. The Morgan fingerprint density at radius 1 is 1.07 bits per heavy atom. The summed E-state index contributed by atoms with van der Waals surface area (Å²) in [4.78, 5) is 56.9. The van der Waals surface area contributed by atoms with Crippen molar-refractivity contribution in [1.82, 2.24) is 14.3 Å². The van der Waals surface area contributed by atoms with Gasteiger partial charge in [-0.25, -0.2) is 9.18 Å². The summed E-state index contributed by atoms with van der Waals surface area (Å²) in [7, 11) is 4.86. The highest BCUT2D eigenvalue weighted by Gasteiger charge is 2.74. The summed E-state index contributed by atoms with van der Waals surface area (Å²) >= 11 is 0. The van der Waals surface area contributed by atoms with Gasteiger partial charge in [-0.3, -0.25) is 9.59 Å². The zero-order valence-corrected chi connectivity index (χ0v) is 24.2. The Hall–Kier alpha value is -4.05. The van der Waals surface area contributed by atoms with Crippen molar-refractivity contribution < 1.29 is 33.0 Å². The topological polar surface area (TPSA) is 93.2 Å². The highest BCUT2D eigenvalue weighted by Crippen LogP contribution is 2.54. The van der Waals surface area contributed by atoms with Crippen molar-refractivity contribution in [3.8, 4) is 5.75 Å². The lowest BCUT2D eigenvalue weighted by Crippen LogP contribution is -2.71. The molecule has 0 aliphatic carbocycles. The molecule has 1 unspecified atom stereocenters. The van der Waals surface area contributed by atoms with Crippen LogP contribution in [0.25, 0.3) is 5.70 Å². The number of quaternary nitrogens is 1. The van der Waals surface area contributed by atoms with E-state index in [9.17, 15) is 23.6 Å². The van der Waals surface area contributed by atoms with E-state index in [1.165, 1.54) is 25.3 Å². The second kappa shape index (κ2) is 10.1. The summed E-state index contributed by atoms with van der Waals surface area (Å²) in [6, 6.07) is 9.64. The largest absolute Gasteiger partial charge is 0.535 e. The molecule has 2 fully saturated rings. The number of methoxy groups -OCH3 is 1. The first kappa shape index (κ1) is 28.5. The number of hydrogen-bond acceptors (Lipinski definition) is 7. The molecule has 9 nitrogen and oxygen atoms in total. The summed E-state index contributed by atoms with van der Waals surface area (Å²) in [5.41, 5.74) is 1.52. The van der Waals surface area contributed by atoms with Crippen molar-refractivity contribution in [2.75, 3.05) is 34.3 Å². The summed E-state index contributed by atoms with van der Waals surface area (Å²) in [5, 5.41) is 0. The molecule has 3 amide bonds. The number of carbonyl (C=O) groups is 4. The predicted molar refractivity (Wildman–Crippen MR) is 150 cm³/mol. The third-order valence-electron chi connectivity index (χ3n) is 7.89. The average molecular weight is 565 g/mol. The molecule has 3 heterocycles. The molecule has 0 saturated carbocycles. The van der Waals surface area contributed by atoms with Gasteiger partial charge in [-0.05, 0) is 69.7 Å². The number of nitrogens with zero attached hydrogens (tertiary/aromatic N) is 3. The van der Waals surface area contributed by atoms with E-state index in [4.69, 9.17) is 9.47 Å². The van der Waals surface area contributed by atoms with Crippen molar-refractivity contribution >= 4 is 35.1 Å². The standard InChI is InChI=1S/C31H35FN3O6/c1-31(2,3)41-30(39)35-23-17-24(40-6)22(16-21(23)25(33(4)5)26(35)27(36)29(35)38)28(37)34-13-11-19(12-14-34)15-18-7-9-20(32)10-8-18/h7-10,16-17,19H,11-15H2,1-6H3/q+1. The molecule has 0 bridgehead atoms. The lowest BCUT2D eigenvalue weighted by molar-refractivity contribution is -0.148. The monoisotopic (exact) mass is 564 g/mol. The van der Waals surface area contributed by atoms with Gasteiger partial charge in [-0.15, -0.1) is 0 Å². The predicted octanol–water partition coefficient (Wildman–Crippen LogP) is 4.52. The highest BCUT2D eigenvalue weighted by atomic mass is 19.1. The second-order valence-electron chi connectivity index (χ2n) is 12.0. The maximum absolute atomic E-state index is 13.8. The zero-order valence-electron chi connectivity index (χ0n) is 24.2. The number of ether oxygens (including phenoxy) is 2. The number of carbonyl (C=O) groups excluding carboxylic acids is 4. The minimum absolute atomic E-state index is 0.0116. The van der Waals surface area contributed by atoms with E-state index in [0.29, 0.717) is 30.3 Å². The SMILES string of the molecule is COc1cc2c(cc1C(=O)N1CCC(Cc3ccc(F)cc3)CC1)C(N(C)C)=C1C(=O)C(=O)[N+]12C(=O)OC(C)(C)C. The Morgan fingerprint density at radius 3 is 2.27 bits per heavy atom. The molecule has 0 radical (unpaired) electrons. The number of piperidine rings is 1. The van der Waals surface area contributed by atoms with Crippen LogP contribution in [-0.2, 0) is 20.7 Å². The molecule has 2 saturated heterocycles. The number of ketones is 1. The summed E-state index contributed by atoms with van der Waals surface area (Å²) < 4.78 is 23.5. The molecule has 0 N–H and O–H groups in total. The molecule has 3 aliphatic rings. The van der Waals surface area contributed by atoms with Gasteiger partial charge in [0.1, 0.15) is 22.9 Å². The third kappa shape index (κ3) is 4.60. The Kier molecular flexibility index (Phi) is 7.01. The molecule has 0 spiro atoms. The average Bonchev–Trinajstić information content (AvgIpc) is 3.20. The minimum Gasteiger partial charge on any atom is -0.496 e. The maximum atomic E-state index is 13.8. The number of β-lactam (4-membered cyclic amide) rings is 1. The molecule has 10 heteroatoms. The molecular formula is C31H35FN3O6+. The number of halogens is 1. The summed E-state index contributed by atoms with van der Waals surface area (Å²) in [5.74, 6) is -1.58. The van der Waals surface area contributed by atoms with Gasteiger partial charge < -0.3 is 19.3 Å². The molecule has 1 atom stereocenters. The van der Waals surface area contributed by atoms with Crippen molar-refractivity contribution in [3.63, 3.8) is 0 Å². The van der Waals surface area contributed by atoms with Crippen LogP contribution in [-0.4, -0.2) is 73.4 Å².